The van der Waals surface area contributed by atoms with Crippen LogP contribution in [0.1, 0.15) is 44.9 Å². The molecule has 2 aliphatic rings. The van der Waals surface area contributed by atoms with E-state index in [4.69, 9.17) is 0 Å². The van der Waals surface area contributed by atoms with Crippen molar-refractivity contribution in [3.05, 3.63) is 5.82 Å². The van der Waals surface area contributed by atoms with Crippen molar-refractivity contribution in [3.63, 3.8) is 0 Å². The van der Waals surface area contributed by atoms with E-state index in [0.29, 0.717) is 18.4 Å². The molecule has 2 atom stereocenters. The van der Waals surface area contributed by atoms with Crippen LogP contribution >= 0.6 is 0 Å². The van der Waals surface area contributed by atoms with Crippen LogP contribution in [0.25, 0.3) is 0 Å². The van der Waals surface area contributed by atoms with E-state index < -0.39 is 0 Å². The highest BCUT2D eigenvalue weighted by Crippen LogP contribution is 2.31. The Morgan fingerprint density at radius 3 is 2.77 bits per heavy atom. The molecule has 1 aromatic rings. The first-order valence-corrected chi connectivity index (χ1v) is 8.43. The number of piperazine rings is 1. The molecular weight excluding hydrogens is 280 g/mol. The van der Waals surface area contributed by atoms with E-state index in [0.717, 1.165) is 44.3 Å². The lowest BCUT2D eigenvalue weighted by molar-refractivity contribution is -0.134. The molecule has 7 heteroatoms. The summed E-state index contributed by atoms with van der Waals surface area (Å²) in [5, 5.41) is 14.0. The van der Waals surface area contributed by atoms with Gasteiger partial charge in [0.25, 0.3) is 0 Å². The van der Waals surface area contributed by atoms with Crippen LogP contribution < -0.4 is 0 Å². The molecule has 1 aliphatic heterocycles. The van der Waals surface area contributed by atoms with Gasteiger partial charge in [0, 0.05) is 32.6 Å². The van der Waals surface area contributed by atoms with Crippen molar-refractivity contribution in [3.8, 4) is 0 Å². The van der Waals surface area contributed by atoms with Crippen LogP contribution in [0, 0.1) is 11.8 Å². The lowest BCUT2D eigenvalue weighted by Gasteiger charge is -2.35. The van der Waals surface area contributed by atoms with E-state index >= 15 is 0 Å². The van der Waals surface area contributed by atoms with Crippen molar-refractivity contribution < 1.29 is 4.79 Å². The van der Waals surface area contributed by atoms with E-state index in [-0.39, 0.29) is 0 Å². The number of hydrogen-bond donors (Lipinski definition) is 1. The summed E-state index contributed by atoms with van der Waals surface area (Å²) in [6, 6.07) is 0. The number of H-pyrrole nitrogens is 1. The first kappa shape index (κ1) is 15.4. The van der Waals surface area contributed by atoms with E-state index in [9.17, 15) is 4.79 Å². The molecular formula is C15H26N6O. The second-order valence-electron chi connectivity index (χ2n) is 6.83. The number of aromatic nitrogens is 4. The summed E-state index contributed by atoms with van der Waals surface area (Å²) < 4.78 is 0. The van der Waals surface area contributed by atoms with E-state index in [1.165, 1.54) is 25.7 Å². The Morgan fingerprint density at radius 2 is 2.09 bits per heavy atom. The Kier molecular flexibility index (Phi) is 5.02. The molecule has 7 nitrogen and oxygen atoms in total. The molecule has 1 N–H and O–H groups in total. The maximum Gasteiger partial charge on any atom is 0.222 e. The Labute approximate surface area is 131 Å². The van der Waals surface area contributed by atoms with Gasteiger partial charge in [0.15, 0.2) is 5.82 Å². The molecule has 2 unspecified atom stereocenters. The van der Waals surface area contributed by atoms with Crippen molar-refractivity contribution in [2.75, 3.05) is 26.2 Å². The molecule has 122 valence electrons. The fraction of sp³-hybridized carbons (Fsp3) is 0.867. The number of amides is 1. The number of rotatable bonds is 4. The summed E-state index contributed by atoms with van der Waals surface area (Å²) in [7, 11) is 0. The molecule has 1 amide bonds. The number of nitrogens with zero attached hydrogens (tertiary/aromatic N) is 5. The van der Waals surface area contributed by atoms with Crippen molar-refractivity contribution in [2.24, 2.45) is 11.8 Å². The second kappa shape index (κ2) is 7.17. The summed E-state index contributed by atoms with van der Waals surface area (Å²) in [6.45, 7) is 6.44. The van der Waals surface area contributed by atoms with Crippen LogP contribution in [-0.2, 0) is 11.3 Å². The lowest BCUT2D eigenvalue weighted by atomic mass is 9.80. The van der Waals surface area contributed by atoms with Gasteiger partial charge < -0.3 is 4.90 Å². The third-order valence-corrected chi connectivity index (χ3v) is 4.99. The molecule has 1 aromatic heterocycles. The SMILES string of the molecule is CC1CCCC(CC(=O)N2CCN(Cc3nn[nH]n3)CC2)C1. The maximum atomic E-state index is 12.5. The van der Waals surface area contributed by atoms with Gasteiger partial charge in [-0.2, -0.15) is 5.21 Å². The third kappa shape index (κ3) is 4.03. The standard InChI is InChI=1S/C15H26N6O/c1-12-3-2-4-13(9-12)10-15(22)21-7-5-20(6-8-21)11-14-16-18-19-17-14/h12-13H,2-11H2,1H3,(H,16,17,18,19). The number of nitrogens with one attached hydrogen (secondary N) is 1. The van der Waals surface area contributed by atoms with Gasteiger partial charge in [-0.05, 0) is 24.7 Å². The number of hydrogen-bond acceptors (Lipinski definition) is 5. The number of tetrazole rings is 1. The Hall–Kier alpha value is -1.50. The summed E-state index contributed by atoms with van der Waals surface area (Å²) in [5.74, 6) is 2.46. The number of aromatic amines is 1. The van der Waals surface area contributed by atoms with Crippen LogP contribution in [0.5, 0.6) is 0 Å². The van der Waals surface area contributed by atoms with Crippen molar-refractivity contribution >= 4 is 5.91 Å². The summed E-state index contributed by atoms with van der Waals surface area (Å²) in [5.41, 5.74) is 0. The molecule has 2 fully saturated rings. The largest absolute Gasteiger partial charge is 0.340 e. The van der Waals surface area contributed by atoms with Crippen LogP contribution in [0.4, 0.5) is 0 Å². The third-order valence-electron chi connectivity index (χ3n) is 4.99. The lowest BCUT2D eigenvalue weighted by Crippen LogP contribution is -2.48. The molecule has 22 heavy (non-hydrogen) atoms. The zero-order chi connectivity index (χ0) is 15.4. The maximum absolute atomic E-state index is 12.5. The summed E-state index contributed by atoms with van der Waals surface area (Å²) in [4.78, 5) is 16.8. The predicted octanol–water partition coefficient (Wildman–Crippen LogP) is 1.06. The molecule has 0 aromatic carbocycles. The summed E-state index contributed by atoms with van der Waals surface area (Å²) >= 11 is 0. The first-order valence-electron chi connectivity index (χ1n) is 8.43. The fourth-order valence-corrected chi connectivity index (χ4v) is 3.73. The van der Waals surface area contributed by atoms with Gasteiger partial charge in [0.1, 0.15) is 0 Å². The number of carbonyl (C=O) groups excluding carboxylic acids is 1. The Bertz CT molecular complexity index is 468. The average molecular weight is 306 g/mol. The minimum Gasteiger partial charge on any atom is -0.340 e. The highest BCUT2D eigenvalue weighted by Gasteiger charge is 2.26. The predicted molar refractivity (Wildman–Crippen MR) is 81.8 cm³/mol. The Balaban J connectivity index is 1.41. The minimum absolute atomic E-state index is 0.346. The average Bonchev–Trinajstić information content (AvgIpc) is 3.01. The highest BCUT2D eigenvalue weighted by atomic mass is 16.2. The fourth-order valence-electron chi connectivity index (χ4n) is 3.73. The first-order chi connectivity index (χ1) is 10.7. The molecule has 0 bridgehead atoms. The summed E-state index contributed by atoms with van der Waals surface area (Å²) in [6.07, 6.45) is 5.82. The molecule has 0 spiro atoms. The monoisotopic (exact) mass is 306 g/mol. The molecule has 1 saturated carbocycles. The molecule has 1 aliphatic carbocycles. The van der Waals surface area contributed by atoms with Gasteiger partial charge in [-0.15, -0.1) is 10.2 Å². The molecule has 2 heterocycles. The quantitative estimate of drug-likeness (QED) is 0.900. The van der Waals surface area contributed by atoms with Crippen molar-refractivity contribution in [1.29, 1.82) is 0 Å². The van der Waals surface area contributed by atoms with Crippen LogP contribution in [0.15, 0.2) is 0 Å². The van der Waals surface area contributed by atoms with Crippen LogP contribution in [0.3, 0.4) is 0 Å². The van der Waals surface area contributed by atoms with Gasteiger partial charge in [-0.3, -0.25) is 9.69 Å². The van der Waals surface area contributed by atoms with E-state index in [1.807, 2.05) is 4.90 Å². The van der Waals surface area contributed by atoms with E-state index in [2.05, 4.69) is 32.4 Å². The zero-order valence-electron chi connectivity index (χ0n) is 13.4. The topological polar surface area (TPSA) is 78.0 Å². The van der Waals surface area contributed by atoms with Crippen LogP contribution in [-0.4, -0.2) is 62.5 Å². The zero-order valence-corrected chi connectivity index (χ0v) is 13.4. The second-order valence-corrected chi connectivity index (χ2v) is 6.83. The highest BCUT2D eigenvalue weighted by molar-refractivity contribution is 5.76. The molecule has 3 rings (SSSR count). The van der Waals surface area contributed by atoms with Crippen LogP contribution in [0.2, 0.25) is 0 Å². The normalized spacial score (nSPS) is 27.0. The van der Waals surface area contributed by atoms with E-state index in [1.54, 1.807) is 0 Å². The minimum atomic E-state index is 0.346. The van der Waals surface area contributed by atoms with Crippen molar-refractivity contribution in [2.45, 2.75) is 45.6 Å². The van der Waals surface area contributed by atoms with Crippen molar-refractivity contribution in [1.82, 2.24) is 30.4 Å². The van der Waals surface area contributed by atoms with Gasteiger partial charge >= 0.3 is 0 Å². The molecule has 1 saturated heterocycles. The Morgan fingerprint density at radius 1 is 1.27 bits per heavy atom. The van der Waals surface area contributed by atoms with Gasteiger partial charge in [0.05, 0.1) is 6.54 Å². The van der Waals surface area contributed by atoms with Gasteiger partial charge in [-0.25, -0.2) is 0 Å². The smallest absolute Gasteiger partial charge is 0.222 e. The van der Waals surface area contributed by atoms with Gasteiger partial charge in [-0.1, -0.05) is 25.0 Å². The van der Waals surface area contributed by atoms with Gasteiger partial charge in [0.2, 0.25) is 5.91 Å². The number of carbonyl (C=O) groups is 1. The molecule has 0 radical (unpaired) electrons.